The molecule has 0 aromatic heterocycles. The lowest BCUT2D eigenvalue weighted by Crippen LogP contribution is -2.44. The van der Waals surface area contributed by atoms with E-state index in [1.165, 1.54) is 24.3 Å². The fourth-order valence-corrected chi connectivity index (χ4v) is 5.38. The molecule has 1 N–H and O–H groups in total. The van der Waals surface area contributed by atoms with Crippen LogP contribution < -0.4 is 0 Å². The molecule has 0 saturated carbocycles. The standard InChI is InChI=1S/C26H27F6NO3/c27-25(28,29)19-7-3-17(4-8-19)21-14-16(15-23(34)35)11-12-33(21)24(22-2-1-13-36-22)18-5-9-20(10-6-18)26(30,31)32/h3-10,16,21-22,24H,1-2,11-15H2,(H,34,35)/t16-,21+,22-,24+/m1/s1. The van der Waals surface area contributed by atoms with Crippen LogP contribution in [0.2, 0.25) is 0 Å². The molecule has 0 amide bonds. The zero-order valence-corrected chi connectivity index (χ0v) is 19.4. The third-order valence-corrected chi connectivity index (χ3v) is 7.09. The second kappa shape index (κ2) is 10.4. The van der Waals surface area contributed by atoms with Crippen LogP contribution in [-0.4, -0.2) is 35.2 Å². The van der Waals surface area contributed by atoms with Gasteiger partial charge in [-0.25, -0.2) is 0 Å². The summed E-state index contributed by atoms with van der Waals surface area (Å²) in [5, 5.41) is 9.32. The van der Waals surface area contributed by atoms with Gasteiger partial charge in [0.1, 0.15) is 0 Å². The van der Waals surface area contributed by atoms with E-state index in [4.69, 9.17) is 4.74 Å². The lowest BCUT2D eigenvalue weighted by atomic mass is 9.82. The van der Waals surface area contributed by atoms with Crippen LogP contribution in [0.15, 0.2) is 48.5 Å². The number of carbonyl (C=O) groups is 1. The molecule has 4 nitrogen and oxygen atoms in total. The normalized spacial score (nSPS) is 24.6. The molecule has 4 atom stereocenters. The van der Waals surface area contributed by atoms with Crippen LogP contribution in [0.1, 0.15) is 66.4 Å². The number of ether oxygens (including phenoxy) is 1. The molecular weight excluding hydrogens is 488 g/mol. The number of carboxylic acid groups (broad SMARTS) is 1. The van der Waals surface area contributed by atoms with Crippen molar-refractivity contribution in [1.82, 2.24) is 4.90 Å². The van der Waals surface area contributed by atoms with Crippen molar-refractivity contribution < 1.29 is 41.0 Å². The summed E-state index contributed by atoms with van der Waals surface area (Å²) in [4.78, 5) is 13.4. The predicted octanol–water partition coefficient (Wildman–Crippen LogP) is 6.87. The highest BCUT2D eigenvalue weighted by molar-refractivity contribution is 5.67. The molecule has 10 heteroatoms. The number of likely N-dealkylation sites (tertiary alicyclic amines) is 1. The molecule has 2 saturated heterocycles. The van der Waals surface area contributed by atoms with Crippen molar-refractivity contribution in [3.63, 3.8) is 0 Å². The average molecular weight is 515 g/mol. The molecule has 2 aliphatic rings. The Morgan fingerprint density at radius 2 is 1.53 bits per heavy atom. The van der Waals surface area contributed by atoms with Crippen LogP contribution in [-0.2, 0) is 21.9 Å². The summed E-state index contributed by atoms with van der Waals surface area (Å²) in [5.74, 6) is -1.12. The number of hydrogen-bond acceptors (Lipinski definition) is 3. The largest absolute Gasteiger partial charge is 0.481 e. The highest BCUT2D eigenvalue weighted by Crippen LogP contribution is 2.45. The fourth-order valence-electron chi connectivity index (χ4n) is 5.38. The number of benzene rings is 2. The van der Waals surface area contributed by atoms with Gasteiger partial charge in [0.25, 0.3) is 0 Å². The maximum absolute atomic E-state index is 13.2. The molecule has 36 heavy (non-hydrogen) atoms. The summed E-state index contributed by atoms with van der Waals surface area (Å²) in [6.07, 6.45) is -6.88. The lowest BCUT2D eigenvalue weighted by Gasteiger charge is -2.46. The van der Waals surface area contributed by atoms with E-state index in [-0.39, 0.29) is 18.4 Å². The van der Waals surface area contributed by atoms with Crippen LogP contribution in [0.5, 0.6) is 0 Å². The highest BCUT2D eigenvalue weighted by Gasteiger charge is 2.41. The van der Waals surface area contributed by atoms with Gasteiger partial charge < -0.3 is 9.84 Å². The maximum Gasteiger partial charge on any atom is 0.416 e. The number of halogens is 6. The average Bonchev–Trinajstić information content (AvgIpc) is 3.33. The predicted molar refractivity (Wildman–Crippen MR) is 119 cm³/mol. The van der Waals surface area contributed by atoms with Crippen molar-refractivity contribution in [1.29, 1.82) is 0 Å². The van der Waals surface area contributed by atoms with Crippen molar-refractivity contribution in [3.8, 4) is 0 Å². The molecule has 2 fully saturated rings. The van der Waals surface area contributed by atoms with Gasteiger partial charge in [-0.2, -0.15) is 26.3 Å². The van der Waals surface area contributed by atoms with E-state index in [0.29, 0.717) is 43.5 Å². The number of carboxylic acids is 1. The minimum Gasteiger partial charge on any atom is -0.481 e. The van der Waals surface area contributed by atoms with E-state index >= 15 is 0 Å². The number of rotatable bonds is 6. The summed E-state index contributed by atoms with van der Waals surface area (Å²) in [5.41, 5.74) is -0.317. The second-order valence-electron chi connectivity index (χ2n) is 9.48. The van der Waals surface area contributed by atoms with Crippen molar-refractivity contribution in [2.24, 2.45) is 5.92 Å². The van der Waals surface area contributed by atoms with E-state index in [1.54, 1.807) is 0 Å². The van der Waals surface area contributed by atoms with Crippen LogP contribution in [0.4, 0.5) is 26.3 Å². The zero-order chi connectivity index (χ0) is 26.1. The monoisotopic (exact) mass is 515 g/mol. The molecule has 2 aromatic carbocycles. The first-order valence-corrected chi connectivity index (χ1v) is 11.9. The van der Waals surface area contributed by atoms with Crippen molar-refractivity contribution in [3.05, 3.63) is 70.8 Å². The summed E-state index contributed by atoms with van der Waals surface area (Å²) >= 11 is 0. The number of hydrogen-bond donors (Lipinski definition) is 1. The molecule has 2 heterocycles. The molecule has 0 unspecified atom stereocenters. The Bertz CT molecular complexity index is 1030. The molecule has 196 valence electrons. The number of alkyl halides is 6. The van der Waals surface area contributed by atoms with Crippen molar-refractivity contribution in [2.75, 3.05) is 13.2 Å². The number of nitrogens with zero attached hydrogens (tertiary/aromatic N) is 1. The number of aliphatic carboxylic acids is 1. The van der Waals surface area contributed by atoms with Gasteiger partial charge in [-0.15, -0.1) is 0 Å². The van der Waals surface area contributed by atoms with E-state index in [9.17, 15) is 36.2 Å². The van der Waals surface area contributed by atoms with Gasteiger partial charge in [0, 0.05) is 19.1 Å². The van der Waals surface area contributed by atoms with Gasteiger partial charge in [-0.1, -0.05) is 24.3 Å². The van der Waals surface area contributed by atoms with Crippen LogP contribution >= 0.6 is 0 Å². The fraction of sp³-hybridized carbons (Fsp3) is 0.500. The third-order valence-electron chi connectivity index (χ3n) is 7.09. The van der Waals surface area contributed by atoms with Crippen LogP contribution in [0, 0.1) is 5.92 Å². The van der Waals surface area contributed by atoms with E-state index in [2.05, 4.69) is 4.90 Å². The molecule has 0 spiro atoms. The molecular formula is C26H27F6NO3. The van der Waals surface area contributed by atoms with Gasteiger partial charge >= 0.3 is 18.3 Å². The van der Waals surface area contributed by atoms with Crippen molar-refractivity contribution in [2.45, 2.75) is 62.6 Å². The first-order chi connectivity index (χ1) is 16.9. The summed E-state index contributed by atoms with van der Waals surface area (Å²) in [6, 6.07) is 8.91. The smallest absolute Gasteiger partial charge is 0.416 e. The summed E-state index contributed by atoms with van der Waals surface area (Å²) in [7, 11) is 0. The molecule has 2 aliphatic heterocycles. The SMILES string of the molecule is O=C(O)C[C@@H]1CCN([C@@H](c2ccc(C(F)(F)F)cc2)[C@H]2CCCO2)[C@H](c2ccc(C(F)(F)F)cc2)C1. The Balaban J connectivity index is 1.71. The summed E-state index contributed by atoms with van der Waals surface area (Å²) < 4.78 is 84.9. The molecule has 0 aliphatic carbocycles. The maximum atomic E-state index is 13.2. The molecule has 2 aromatic rings. The first kappa shape index (κ1) is 26.5. The topological polar surface area (TPSA) is 49.8 Å². The van der Waals surface area contributed by atoms with Gasteiger partial charge in [-0.05, 0) is 73.5 Å². The van der Waals surface area contributed by atoms with Gasteiger partial charge in [0.05, 0.1) is 23.3 Å². The molecule has 0 radical (unpaired) electrons. The Labute approximate surface area is 204 Å². The number of piperidine rings is 1. The van der Waals surface area contributed by atoms with Crippen molar-refractivity contribution >= 4 is 5.97 Å². The minimum atomic E-state index is -4.49. The lowest BCUT2D eigenvalue weighted by molar-refractivity contribution is -0.139. The molecule has 0 bridgehead atoms. The Morgan fingerprint density at radius 1 is 0.944 bits per heavy atom. The van der Waals surface area contributed by atoms with Crippen LogP contribution in [0.25, 0.3) is 0 Å². The van der Waals surface area contributed by atoms with Gasteiger partial charge in [-0.3, -0.25) is 9.69 Å². The van der Waals surface area contributed by atoms with E-state index < -0.39 is 41.5 Å². The third kappa shape index (κ3) is 6.03. The Kier molecular flexibility index (Phi) is 7.66. The first-order valence-electron chi connectivity index (χ1n) is 11.9. The second-order valence-corrected chi connectivity index (χ2v) is 9.48. The van der Waals surface area contributed by atoms with Gasteiger partial charge in [0.2, 0.25) is 0 Å². The zero-order valence-electron chi connectivity index (χ0n) is 19.4. The quantitative estimate of drug-likeness (QED) is 0.427. The Hall–Kier alpha value is -2.59. The minimum absolute atomic E-state index is 0.0597. The van der Waals surface area contributed by atoms with E-state index in [1.807, 2.05) is 0 Å². The van der Waals surface area contributed by atoms with Crippen LogP contribution in [0.3, 0.4) is 0 Å². The highest BCUT2D eigenvalue weighted by atomic mass is 19.4. The van der Waals surface area contributed by atoms with Gasteiger partial charge in [0.15, 0.2) is 0 Å². The molecule has 4 rings (SSSR count). The van der Waals surface area contributed by atoms with E-state index in [0.717, 1.165) is 30.7 Å². The summed E-state index contributed by atoms with van der Waals surface area (Å²) in [6.45, 7) is 0.956. The Morgan fingerprint density at radius 3 is 2.03 bits per heavy atom.